The zero-order chi connectivity index (χ0) is 17.1. The average Bonchev–Trinajstić information content (AvgIpc) is 3.02. The summed E-state index contributed by atoms with van der Waals surface area (Å²) in [5.74, 6) is 0.405. The highest BCUT2D eigenvalue weighted by Gasteiger charge is 2.28. The van der Waals surface area contributed by atoms with Crippen LogP contribution in [0.4, 0.5) is 0 Å². The minimum absolute atomic E-state index is 0.125. The SMILES string of the molecule is CCCn1ccc(C(=O)N2CCOC(c3cc(=O)[nH]c(C)n3)C2)n1. The van der Waals surface area contributed by atoms with E-state index in [0.29, 0.717) is 36.9 Å². The van der Waals surface area contributed by atoms with E-state index in [0.717, 1.165) is 13.0 Å². The Morgan fingerprint density at radius 3 is 3.08 bits per heavy atom. The number of morpholine rings is 1. The maximum atomic E-state index is 12.6. The fraction of sp³-hybridized carbons (Fsp3) is 0.500. The molecule has 1 aliphatic rings. The number of carbonyl (C=O) groups is 1. The van der Waals surface area contributed by atoms with Crippen LogP contribution in [0.25, 0.3) is 0 Å². The van der Waals surface area contributed by atoms with Gasteiger partial charge in [-0.25, -0.2) is 4.98 Å². The third kappa shape index (κ3) is 3.53. The van der Waals surface area contributed by atoms with E-state index >= 15 is 0 Å². The van der Waals surface area contributed by atoms with Gasteiger partial charge in [-0.05, 0) is 19.4 Å². The van der Waals surface area contributed by atoms with E-state index in [9.17, 15) is 9.59 Å². The van der Waals surface area contributed by atoms with E-state index in [1.165, 1.54) is 6.07 Å². The summed E-state index contributed by atoms with van der Waals surface area (Å²) in [5, 5.41) is 4.32. The topological polar surface area (TPSA) is 93.1 Å². The van der Waals surface area contributed by atoms with E-state index in [1.807, 2.05) is 6.20 Å². The second-order valence-corrected chi connectivity index (χ2v) is 5.83. The van der Waals surface area contributed by atoms with Gasteiger partial charge in [0, 0.05) is 25.4 Å². The van der Waals surface area contributed by atoms with Gasteiger partial charge in [0.15, 0.2) is 0 Å². The Kier molecular flexibility index (Phi) is 4.75. The summed E-state index contributed by atoms with van der Waals surface area (Å²) in [4.78, 5) is 32.9. The lowest BCUT2D eigenvalue weighted by molar-refractivity contribution is -0.0251. The first-order valence-electron chi connectivity index (χ1n) is 8.09. The summed E-state index contributed by atoms with van der Waals surface area (Å²) in [7, 11) is 0. The van der Waals surface area contributed by atoms with Crippen LogP contribution in [-0.2, 0) is 11.3 Å². The van der Waals surface area contributed by atoms with Gasteiger partial charge in [0.05, 0.1) is 18.8 Å². The van der Waals surface area contributed by atoms with Crippen molar-refractivity contribution in [3.8, 4) is 0 Å². The van der Waals surface area contributed by atoms with Crippen molar-refractivity contribution in [2.24, 2.45) is 0 Å². The van der Waals surface area contributed by atoms with Gasteiger partial charge in [0.25, 0.3) is 11.5 Å². The van der Waals surface area contributed by atoms with Crippen molar-refractivity contribution in [1.29, 1.82) is 0 Å². The number of rotatable bonds is 4. The average molecular weight is 331 g/mol. The molecule has 3 rings (SSSR count). The Hall–Kier alpha value is -2.48. The minimum atomic E-state index is -0.401. The molecular formula is C16H21N5O3. The lowest BCUT2D eigenvalue weighted by Crippen LogP contribution is -2.43. The molecule has 8 heteroatoms. The fourth-order valence-corrected chi connectivity index (χ4v) is 2.77. The van der Waals surface area contributed by atoms with Crippen LogP contribution in [0.5, 0.6) is 0 Å². The molecule has 0 saturated carbocycles. The van der Waals surface area contributed by atoms with Crippen molar-refractivity contribution < 1.29 is 9.53 Å². The Balaban J connectivity index is 1.74. The fourth-order valence-electron chi connectivity index (χ4n) is 2.77. The molecule has 3 heterocycles. The van der Waals surface area contributed by atoms with Gasteiger partial charge in [-0.1, -0.05) is 6.92 Å². The lowest BCUT2D eigenvalue weighted by atomic mass is 10.2. The van der Waals surface area contributed by atoms with Crippen molar-refractivity contribution in [2.45, 2.75) is 32.9 Å². The molecule has 0 spiro atoms. The molecule has 128 valence electrons. The standard InChI is InChI=1S/C16H21N5O3/c1-3-5-21-6-4-12(19-21)16(23)20-7-8-24-14(10-20)13-9-15(22)18-11(2)17-13/h4,6,9,14H,3,5,7-8,10H2,1-2H3,(H,17,18,22). The van der Waals surface area contributed by atoms with Crippen molar-refractivity contribution in [3.63, 3.8) is 0 Å². The summed E-state index contributed by atoms with van der Waals surface area (Å²) >= 11 is 0. The van der Waals surface area contributed by atoms with Gasteiger partial charge in [-0.2, -0.15) is 5.10 Å². The predicted molar refractivity (Wildman–Crippen MR) is 86.7 cm³/mol. The first-order chi connectivity index (χ1) is 11.6. The molecular weight excluding hydrogens is 310 g/mol. The van der Waals surface area contributed by atoms with Crippen LogP contribution in [0.3, 0.4) is 0 Å². The number of ether oxygens (including phenoxy) is 1. The van der Waals surface area contributed by atoms with Crippen molar-refractivity contribution in [3.05, 3.63) is 45.9 Å². The van der Waals surface area contributed by atoms with Crippen LogP contribution in [0.15, 0.2) is 23.1 Å². The largest absolute Gasteiger partial charge is 0.368 e. The van der Waals surface area contributed by atoms with Crippen LogP contribution < -0.4 is 5.56 Å². The predicted octanol–water partition coefficient (Wildman–Crippen LogP) is 0.899. The smallest absolute Gasteiger partial charge is 0.274 e. The highest BCUT2D eigenvalue weighted by Crippen LogP contribution is 2.20. The third-order valence-electron chi connectivity index (χ3n) is 3.88. The maximum absolute atomic E-state index is 12.6. The van der Waals surface area contributed by atoms with Crippen LogP contribution in [0, 0.1) is 6.92 Å². The molecule has 2 aromatic heterocycles. The van der Waals surface area contributed by atoms with Crippen molar-refractivity contribution in [1.82, 2.24) is 24.6 Å². The number of aryl methyl sites for hydroxylation is 2. The molecule has 2 aromatic rings. The number of hydrogen-bond donors (Lipinski definition) is 1. The molecule has 24 heavy (non-hydrogen) atoms. The first kappa shape index (κ1) is 16.4. The molecule has 1 saturated heterocycles. The van der Waals surface area contributed by atoms with Gasteiger partial charge in [0.2, 0.25) is 0 Å². The van der Waals surface area contributed by atoms with Crippen LogP contribution in [-0.4, -0.2) is 50.3 Å². The number of aromatic amines is 1. The molecule has 0 radical (unpaired) electrons. The second kappa shape index (κ2) is 6.96. The van der Waals surface area contributed by atoms with Gasteiger partial charge in [-0.3, -0.25) is 14.3 Å². The molecule has 1 N–H and O–H groups in total. The Morgan fingerprint density at radius 2 is 2.33 bits per heavy atom. The monoisotopic (exact) mass is 331 g/mol. The molecule has 0 aromatic carbocycles. The van der Waals surface area contributed by atoms with E-state index in [4.69, 9.17) is 4.74 Å². The summed E-state index contributed by atoms with van der Waals surface area (Å²) in [6.45, 7) is 5.82. The number of aromatic nitrogens is 4. The second-order valence-electron chi connectivity index (χ2n) is 5.83. The molecule has 0 aliphatic carbocycles. The molecule has 1 fully saturated rings. The number of nitrogens with one attached hydrogen (secondary N) is 1. The minimum Gasteiger partial charge on any atom is -0.368 e. The maximum Gasteiger partial charge on any atom is 0.274 e. The zero-order valence-corrected chi connectivity index (χ0v) is 13.9. The molecule has 1 aliphatic heterocycles. The molecule has 0 bridgehead atoms. The summed E-state index contributed by atoms with van der Waals surface area (Å²) in [6, 6.07) is 3.15. The quantitative estimate of drug-likeness (QED) is 0.898. The molecule has 1 amide bonds. The Bertz CT molecular complexity index is 782. The van der Waals surface area contributed by atoms with Crippen LogP contribution in [0.2, 0.25) is 0 Å². The Labute approximate surface area is 139 Å². The van der Waals surface area contributed by atoms with Gasteiger partial charge < -0.3 is 14.6 Å². The van der Waals surface area contributed by atoms with E-state index < -0.39 is 6.10 Å². The van der Waals surface area contributed by atoms with E-state index in [2.05, 4.69) is 22.0 Å². The number of amides is 1. The van der Waals surface area contributed by atoms with Crippen molar-refractivity contribution in [2.75, 3.05) is 19.7 Å². The number of hydrogen-bond acceptors (Lipinski definition) is 5. The molecule has 1 unspecified atom stereocenters. The number of carbonyl (C=O) groups excluding carboxylic acids is 1. The van der Waals surface area contributed by atoms with Gasteiger partial charge in [0.1, 0.15) is 17.6 Å². The number of H-pyrrole nitrogens is 1. The first-order valence-corrected chi connectivity index (χ1v) is 8.09. The van der Waals surface area contributed by atoms with Crippen molar-refractivity contribution >= 4 is 5.91 Å². The Morgan fingerprint density at radius 1 is 1.50 bits per heavy atom. The van der Waals surface area contributed by atoms with Crippen LogP contribution >= 0.6 is 0 Å². The highest BCUT2D eigenvalue weighted by molar-refractivity contribution is 5.92. The van der Waals surface area contributed by atoms with Gasteiger partial charge >= 0.3 is 0 Å². The van der Waals surface area contributed by atoms with Crippen LogP contribution in [0.1, 0.15) is 41.5 Å². The zero-order valence-electron chi connectivity index (χ0n) is 13.9. The van der Waals surface area contributed by atoms with E-state index in [-0.39, 0.29) is 11.5 Å². The molecule has 1 atom stereocenters. The molecule has 8 nitrogen and oxygen atoms in total. The lowest BCUT2D eigenvalue weighted by Gasteiger charge is -2.32. The number of nitrogens with zero attached hydrogens (tertiary/aromatic N) is 4. The summed E-state index contributed by atoms with van der Waals surface area (Å²) in [5.41, 5.74) is 0.757. The summed E-state index contributed by atoms with van der Waals surface area (Å²) in [6.07, 6.45) is 2.38. The third-order valence-corrected chi connectivity index (χ3v) is 3.88. The normalized spacial score (nSPS) is 17.9. The van der Waals surface area contributed by atoms with Gasteiger partial charge in [-0.15, -0.1) is 0 Å². The van der Waals surface area contributed by atoms with E-state index in [1.54, 1.807) is 22.6 Å². The highest BCUT2D eigenvalue weighted by atomic mass is 16.5. The summed E-state index contributed by atoms with van der Waals surface area (Å²) < 4.78 is 7.47.